The van der Waals surface area contributed by atoms with Gasteiger partial charge in [-0.1, -0.05) is 29.8 Å². The van der Waals surface area contributed by atoms with Gasteiger partial charge in [0.2, 0.25) is 0 Å². The summed E-state index contributed by atoms with van der Waals surface area (Å²) in [4.78, 5) is 29.2. The van der Waals surface area contributed by atoms with Crippen LogP contribution in [0.5, 0.6) is 5.75 Å². The van der Waals surface area contributed by atoms with Gasteiger partial charge < -0.3 is 19.2 Å². The molecule has 0 unspecified atom stereocenters. The molecule has 0 spiro atoms. The Balaban J connectivity index is 1.42. The number of ether oxygens (including phenoxy) is 1. The lowest BCUT2D eigenvalue weighted by molar-refractivity contribution is 0.102. The molecule has 162 valence electrons. The Hall–Kier alpha value is -3.84. The molecule has 0 saturated carbocycles. The van der Waals surface area contributed by atoms with Gasteiger partial charge in [0.05, 0.1) is 12.1 Å². The molecule has 0 radical (unpaired) electrons. The molecular formula is C24H21ClN4O3. The minimum Gasteiger partial charge on any atom is -0.486 e. The van der Waals surface area contributed by atoms with Gasteiger partial charge >= 0.3 is 0 Å². The van der Waals surface area contributed by atoms with Crippen LogP contribution in [0.3, 0.4) is 0 Å². The van der Waals surface area contributed by atoms with Gasteiger partial charge in [-0.2, -0.15) is 0 Å². The van der Waals surface area contributed by atoms with E-state index in [1.54, 1.807) is 36.5 Å². The molecule has 0 atom stereocenters. The zero-order chi connectivity index (χ0) is 22.5. The van der Waals surface area contributed by atoms with Gasteiger partial charge in [-0.3, -0.25) is 9.59 Å². The van der Waals surface area contributed by atoms with E-state index in [0.717, 1.165) is 11.4 Å². The first-order chi connectivity index (χ1) is 15.5. The third kappa shape index (κ3) is 5.07. The summed E-state index contributed by atoms with van der Waals surface area (Å²) in [6, 6.07) is 17.2. The number of amides is 1. The summed E-state index contributed by atoms with van der Waals surface area (Å²) in [6.07, 6.45) is 5.11. The van der Waals surface area contributed by atoms with Crippen molar-refractivity contribution < 1.29 is 9.53 Å². The maximum Gasteiger partial charge on any atom is 0.257 e. The number of benzene rings is 2. The van der Waals surface area contributed by atoms with Gasteiger partial charge in [-0.05, 0) is 42.0 Å². The molecular weight excluding hydrogens is 428 g/mol. The van der Waals surface area contributed by atoms with Crippen molar-refractivity contribution >= 4 is 23.2 Å². The number of carbonyl (C=O) groups excluding carboxylic acids is 1. The Morgan fingerprint density at radius 3 is 2.59 bits per heavy atom. The quantitative estimate of drug-likeness (QED) is 0.461. The number of rotatable bonds is 7. The van der Waals surface area contributed by atoms with Crippen molar-refractivity contribution in [1.29, 1.82) is 0 Å². The molecule has 8 heteroatoms. The van der Waals surface area contributed by atoms with Crippen LogP contribution in [0.15, 0.2) is 84.0 Å². The molecule has 0 fully saturated rings. The Kier molecular flexibility index (Phi) is 6.37. The van der Waals surface area contributed by atoms with E-state index < -0.39 is 0 Å². The van der Waals surface area contributed by atoms with Crippen LogP contribution in [0.4, 0.5) is 5.69 Å². The van der Waals surface area contributed by atoms with Crippen LogP contribution >= 0.6 is 11.6 Å². The van der Waals surface area contributed by atoms with Gasteiger partial charge in [0, 0.05) is 42.4 Å². The first-order valence-electron chi connectivity index (χ1n) is 9.94. The van der Waals surface area contributed by atoms with E-state index in [4.69, 9.17) is 16.3 Å². The van der Waals surface area contributed by atoms with Crippen LogP contribution < -0.4 is 15.6 Å². The molecule has 7 nitrogen and oxygen atoms in total. The minimum atomic E-state index is -0.320. The van der Waals surface area contributed by atoms with Crippen LogP contribution in [0.25, 0.3) is 0 Å². The van der Waals surface area contributed by atoms with E-state index in [1.165, 1.54) is 22.9 Å². The second-order valence-electron chi connectivity index (χ2n) is 7.20. The van der Waals surface area contributed by atoms with Crippen molar-refractivity contribution in [2.45, 2.75) is 13.2 Å². The van der Waals surface area contributed by atoms with Gasteiger partial charge in [0.25, 0.3) is 11.5 Å². The first kappa shape index (κ1) is 21.4. The van der Waals surface area contributed by atoms with Gasteiger partial charge in [0.15, 0.2) is 0 Å². The smallest absolute Gasteiger partial charge is 0.257 e. The first-order valence-corrected chi connectivity index (χ1v) is 10.3. The van der Waals surface area contributed by atoms with E-state index >= 15 is 0 Å². The molecule has 4 aromatic rings. The number of hydrogen-bond acceptors (Lipinski definition) is 4. The minimum absolute atomic E-state index is 0.212. The Morgan fingerprint density at radius 2 is 1.88 bits per heavy atom. The summed E-state index contributed by atoms with van der Waals surface area (Å²) >= 11 is 6.20. The molecule has 0 saturated heterocycles. The average molecular weight is 449 g/mol. The highest BCUT2D eigenvalue weighted by Crippen LogP contribution is 2.18. The Bertz CT molecular complexity index is 1300. The van der Waals surface area contributed by atoms with Crippen LogP contribution in [-0.2, 0) is 20.2 Å². The predicted octanol–water partition coefficient (Wildman–Crippen LogP) is 4.11. The summed E-state index contributed by atoms with van der Waals surface area (Å²) in [5.41, 5.74) is 1.57. The second kappa shape index (κ2) is 9.53. The van der Waals surface area contributed by atoms with Crippen LogP contribution in [-0.4, -0.2) is 20.0 Å². The average Bonchev–Trinajstić information content (AvgIpc) is 3.21. The predicted molar refractivity (Wildman–Crippen MR) is 123 cm³/mol. The maximum absolute atomic E-state index is 12.7. The van der Waals surface area contributed by atoms with E-state index in [1.807, 2.05) is 36.0 Å². The standard InChI is InChI=1S/C24H21ClN4O3/c1-28-13-12-26-22(28)16-32-20-9-7-19(8-10-20)27-24(31)18-6-11-23(30)29(15-18)14-17-4-2-3-5-21(17)25/h2-13,15H,14,16H2,1H3,(H,27,31). The van der Waals surface area contributed by atoms with Crippen molar-refractivity contribution in [3.05, 3.63) is 112 Å². The molecule has 1 N–H and O–H groups in total. The van der Waals surface area contributed by atoms with Gasteiger partial charge in [-0.15, -0.1) is 0 Å². The fourth-order valence-corrected chi connectivity index (χ4v) is 3.32. The van der Waals surface area contributed by atoms with Crippen molar-refractivity contribution in [1.82, 2.24) is 14.1 Å². The number of aromatic nitrogens is 3. The number of aryl methyl sites for hydroxylation is 1. The van der Waals surface area contributed by atoms with E-state index in [2.05, 4.69) is 10.3 Å². The number of halogens is 1. The van der Waals surface area contributed by atoms with Crippen molar-refractivity contribution in [2.75, 3.05) is 5.32 Å². The largest absolute Gasteiger partial charge is 0.486 e. The zero-order valence-electron chi connectivity index (χ0n) is 17.4. The van der Waals surface area contributed by atoms with Gasteiger partial charge in [0.1, 0.15) is 18.2 Å². The van der Waals surface area contributed by atoms with Crippen LogP contribution in [0, 0.1) is 0 Å². The molecule has 4 rings (SSSR count). The van der Waals surface area contributed by atoms with Crippen LogP contribution in [0.1, 0.15) is 21.7 Å². The lowest BCUT2D eigenvalue weighted by Gasteiger charge is -2.11. The maximum atomic E-state index is 12.7. The monoisotopic (exact) mass is 448 g/mol. The second-order valence-corrected chi connectivity index (χ2v) is 7.60. The molecule has 2 heterocycles. The molecule has 32 heavy (non-hydrogen) atoms. The summed E-state index contributed by atoms with van der Waals surface area (Å²) in [6.45, 7) is 0.629. The summed E-state index contributed by atoms with van der Waals surface area (Å²) in [5.74, 6) is 1.16. The highest BCUT2D eigenvalue weighted by molar-refractivity contribution is 6.31. The number of imidazole rings is 1. The lowest BCUT2D eigenvalue weighted by atomic mass is 10.2. The summed E-state index contributed by atoms with van der Waals surface area (Å²) in [7, 11) is 1.90. The molecule has 0 aliphatic heterocycles. The summed E-state index contributed by atoms with van der Waals surface area (Å²) in [5, 5.41) is 3.40. The van der Waals surface area contributed by atoms with Crippen molar-refractivity contribution in [2.24, 2.45) is 7.05 Å². The number of nitrogens with one attached hydrogen (secondary N) is 1. The van der Waals surface area contributed by atoms with Crippen molar-refractivity contribution in [3.63, 3.8) is 0 Å². The van der Waals surface area contributed by atoms with E-state index in [9.17, 15) is 9.59 Å². The summed E-state index contributed by atoms with van der Waals surface area (Å²) < 4.78 is 9.08. The van der Waals surface area contributed by atoms with Gasteiger partial charge in [-0.25, -0.2) is 4.98 Å². The highest BCUT2D eigenvalue weighted by atomic mass is 35.5. The van der Waals surface area contributed by atoms with Crippen LogP contribution in [0.2, 0.25) is 5.02 Å². The highest BCUT2D eigenvalue weighted by Gasteiger charge is 2.10. The number of anilines is 1. The van der Waals surface area contributed by atoms with E-state index in [-0.39, 0.29) is 18.0 Å². The topological polar surface area (TPSA) is 78.2 Å². The molecule has 2 aromatic carbocycles. The third-order valence-corrected chi connectivity index (χ3v) is 5.31. The number of pyridine rings is 1. The molecule has 2 aromatic heterocycles. The number of nitrogens with zero attached hydrogens (tertiary/aromatic N) is 3. The van der Waals surface area contributed by atoms with Crippen molar-refractivity contribution in [3.8, 4) is 5.75 Å². The normalized spacial score (nSPS) is 10.7. The molecule has 0 bridgehead atoms. The zero-order valence-corrected chi connectivity index (χ0v) is 18.1. The fourth-order valence-electron chi connectivity index (χ4n) is 3.12. The Labute approximate surface area is 189 Å². The Morgan fingerprint density at radius 1 is 1.09 bits per heavy atom. The third-order valence-electron chi connectivity index (χ3n) is 4.95. The SMILES string of the molecule is Cn1ccnc1COc1ccc(NC(=O)c2ccc(=O)n(Cc3ccccc3Cl)c2)cc1. The molecule has 0 aliphatic carbocycles. The number of carbonyl (C=O) groups is 1. The number of hydrogen-bond donors (Lipinski definition) is 1. The molecule has 0 aliphatic rings. The fraction of sp³-hybridized carbons (Fsp3) is 0.125. The molecule has 1 amide bonds. The lowest BCUT2D eigenvalue weighted by Crippen LogP contribution is -2.22. The van der Waals surface area contributed by atoms with E-state index in [0.29, 0.717) is 28.6 Å².